The topological polar surface area (TPSA) is 54.4 Å². The van der Waals surface area contributed by atoms with Gasteiger partial charge in [-0.05, 0) is 40.6 Å². The van der Waals surface area contributed by atoms with Gasteiger partial charge in [0.25, 0.3) is 0 Å². The lowest BCUT2D eigenvalue weighted by Gasteiger charge is -2.25. The van der Waals surface area contributed by atoms with Crippen LogP contribution in [0.25, 0.3) is 0 Å². The number of sulfone groups is 1. The number of hydrogen-bond donors (Lipinski definition) is 1. The van der Waals surface area contributed by atoms with Gasteiger partial charge in [0.2, 0.25) is 2.21 Å². The molecule has 0 aliphatic carbocycles. The Morgan fingerprint density at radius 3 is 2.38 bits per heavy atom. The second-order valence-electron chi connectivity index (χ2n) is 3.59. The average molecular weight is 375 g/mol. The largest absolute Gasteiger partial charge is 0.385 e. The summed E-state index contributed by atoms with van der Waals surface area (Å²) >= 11 is 7.47. The molecule has 0 amide bonds. The molecule has 1 aromatic carbocycles. The second kappa shape index (κ2) is 4.80. The van der Waals surface area contributed by atoms with Crippen LogP contribution in [-0.4, -0.2) is 22.0 Å². The highest BCUT2D eigenvalue weighted by Crippen LogP contribution is 2.43. The Balaban J connectivity index is 3.23. The van der Waals surface area contributed by atoms with E-state index < -0.39 is 18.2 Å². The molecule has 6 heteroatoms. The molecule has 0 radical (unpaired) electrons. The molecule has 0 spiro atoms. The predicted molar refractivity (Wildman–Crippen MR) is 73.6 cm³/mol. The van der Waals surface area contributed by atoms with Gasteiger partial charge in [0.15, 0.2) is 9.84 Å². The van der Waals surface area contributed by atoms with Crippen LogP contribution in [0.3, 0.4) is 0 Å². The summed E-state index contributed by atoms with van der Waals surface area (Å²) in [7, 11) is -3.56. The third-order valence-corrected chi connectivity index (χ3v) is 7.55. The van der Waals surface area contributed by atoms with E-state index in [-0.39, 0.29) is 0 Å². The van der Waals surface area contributed by atoms with Crippen LogP contribution >= 0.6 is 34.2 Å². The summed E-state index contributed by atoms with van der Waals surface area (Å²) < 4.78 is 21.2. The molecule has 0 aliphatic heterocycles. The number of alkyl halides is 2. The number of rotatable bonds is 3. The van der Waals surface area contributed by atoms with E-state index >= 15 is 0 Å². The Hall–Kier alpha value is 0.150. The molecule has 0 bridgehead atoms. The zero-order chi connectivity index (χ0) is 12.6. The normalized spacial score (nSPS) is 17.8. The highest BCUT2D eigenvalue weighted by molar-refractivity contribution is 14.1. The van der Waals surface area contributed by atoms with Gasteiger partial charge in [-0.1, -0.05) is 35.9 Å². The van der Waals surface area contributed by atoms with Crippen molar-refractivity contribution in [2.45, 2.75) is 15.2 Å². The third kappa shape index (κ3) is 2.69. The number of halogens is 2. The van der Waals surface area contributed by atoms with Gasteiger partial charge < -0.3 is 5.11 Å². The number of aliphatic hydroxyl groups is 1. The Bertz CT molecular complexity index is 485. The molecule has 0 fully saturated rings. The van der Waals surface area contributed by atoms with Crippen LogP contribution in [0.4, 0.5) is 0 Å². The summed E-state index contributed by atoms with van der Waals surface area (Å²) in [4.78, 5) is 0. The first-order valence-electron chi connectivity index (χ1n) is 4.49. The fraction of sp³-hybridized carbons (Fsp3) is 0.400. The maximum absolute atomic E-state index is 11.5. The van der Waals surface area contributed by atoms with E-state index in [9.17, 15) is 13.5 Å². The minimum Gasteiger partial charge on any atom is -0.385 e. The molecule has 0 saturated heterocycles. The molecule has 2 atom stereocenters. The summed E-state index contributed by atoms with van der Waals surface area (Å²) in [5.41, 5.74) is 1.33. The van der Waals surface area contributed by atoms with Gasteiger partial charge in [-0.2, -0.15) is 0 Å². The lowest BCUT2D eigenvalue weighted by Crippen LogP contribution is -2.32. The Morgan fingerprint density at radius 2 is 1.94 bits per heavy atom. The number of hydrogen-bond acceptors (Lipinski definition) is 3. The van der Waals surface area contributed by atoms with Crippen LogP contribution in [0.5, 0.6) is 0 Å². The number of aryl methyl sites for hydroxylation is 1. The lowest BCUT2D eigenvalue weighted by molar-refractivity contribution is 0.187. The van der Waals surface area contributed by atoms with Crippen LogP contribution in [0, 0.1) is 6.92 Å². The van der Waals surface area contributed by atoms with Crippen molar-refractivity contribution in [2.24, 2.45) is 0 Å². The average Bonchev–Trinajstić information content (AvgIpc) is 2.15. The first-order valence-corrected chi connectivity index (χ1v) is 7.83. The zero-order valence-corrected chi connectivity index (χ0v) is 12.5. The van der Waals surface area contributed by atoms with Crippen LogP contribution in [0.2, 0.25) is 0 Å². The second-order valence-corrected chi connectivity index (χ2v) is 9.67. The summed E-state index contributed by atoms with van der Waals surface area (Å²) in [5.74, 6) is 0. The maximum atomic E-state index is 11.5. The standard InChI is InChI=1S/C10H12ClIO3S/c1-7-5-3-4-6-8(7)9(13)10(11,12)16(2,14)15/h3-6,9,13H,1-2H3/t9-,10-/m1/s1. The van der Waals surface area contributed by atoms with E-state index in [1.54, 1.807) is 47.7 Å². The van der Waals surface area contributed by atoms with Crippen LogP contribution in [0.1, 0.15) is 17.2 Å². The quantitative estimate of drug-likeness (QED) is 0.653. The van der Waals surface area contributed by atoms with E-state index in [0.29, 0.717) is 5.56 Å². The third-order valence-electron chi connectivity index (χ3n) is 2.30. The van der Waals surface area contributed by atoms with Gasteiger partial charge in [0.05, 0.1) is 0 Å². The highest BCUT2D eigenvalue weighted by Gasteiger charge is 2.44. The molecular weight excluding hydrogens is 363 g/mol. The van der Waals surface area contributed by atoms with Crippen molar-refractivity contribution in [3.8, 4) is 0 Å². The van der Waals surface area contributed by atoms with Crippen LogP contribution in [-0.2, 0) is 9.84 Å². The van der Waals surface area contributed by atoms with Crippen molar-refractivity contribution in [2.75, 3.05) is 6.26 Å². The molecule has 1 rings (SSSR count). The monoisotopic (exact) mass is 374 g/mol. The Kier molecular flexibility index (Phi) is 4.26. The molecule has 0 unspecified atom stereocenters. The van der Waals surface area contributed by atoms with Crippen molar-refractivity contribution in [3.05, 3.63) is 35.4 Å². The highest BCUT2D eigenvalue weighted by atomic mass is 127. The molecule has 3 nitrogen and oxygen atoms in total. The first-order chi connectivity index (χ1) is 7.18. The molecule has 0 heterocycles. The minimum absolute atomic E-state index is 0.525. The molecule has 90 valence electrons. The predicted octanol–water partition coefficient (Wildman–Crippen LogP) is 2.40. The Morgan fingerprint density at radius 1 is 1.44 bits per heavy atom. The van der Waals surface area contributed by atoms with E-state index in [0.717, 1.165) is 11.8 Å². The number of benzene rings is 1. The first kappa shape index (κ1) is 14.2. The zero-order valence-electron chi connectivity index (χ0n) is 8.81. The smallest absolute Gasteiger partial charge is 0.224 e. The summed E-state index contributed by atoms with van der Waals surface area (Å²) in [5, 5.41) is 10.0. The fourth-order valence-electron chi connectivity index (χ4n) is 1.28. The van der Waals surface area contributed by atoms with Gasteiger partial charge in [-0.25, -0.2) is 8.42 Å². The molecule has 1 N–H and O–H groups in total. The molecule has 16 heavy (non-hydrogen) atoms. The van der Waals surface area contributed by atoms with Crippen LogP contribution < -0.4 is 0 Å². The summed E-state index contributed by atoms with van der Waals surface area (Å²) in [6, 6.07) is 7.01. The molecule has 0 saturated carbocycles. The fourth-order valence-corrected chi connectivity index (χ4v) is 2.26. The van der Waals surface area contributed by atoms with E-state index in [1.807, 2.05) is 6.07 Å². The summed E-state index contributed by atoms with van der Waals surface area (Å²) in [6.07, 6.45) is -0.250. The van der Waals surface area contributed by atoms with Crippen molar-refractivity contribution >= 4 is 44.0 Å². The van der Waals surface area contributed by atoms with Crippen molar-refractivity contribution < 1.29 is 13.5 Å². The Labute approximate surface area is 114 Å². The van der Waals surface area contributed by atoms with Gasteiger partial charge in [0.1, 0.15) is 6.10 Å². The van der Waals surface area contributed by atoms with Crippen molar-refractivity contribution in [1.82, 2.24) is 0 Å². The van der Waals surface area contributed by atoms with Gasteiger partial charge in [-0.15, -0.1) is 0 Å². The van der Waals surface area contributed by atoms with Gasteiger partial charge in [0, 0.05) is 6.26 Å². The molecule has 0 aromatic heterocycles. The van der Waals surface area contributed by atoms with E-state index in [4.69, 9.17) is 11.6 Å². The van der Waals surface area contributed by atoms with Crippen LogP contribution in [0.15, 0.2) is 24.3 Å². The van der Waals surface area contributed by atoms with Crippen molar-refractivity contribution in [1.29, 1.82) is 0 Å². The maximum Gasteiger partial charge on any atom is 0.224 e. The van der Waals surface area contributed by atoms with E-state index in [2.05, 4.69) is 0 Å². The van der Waals surface area contributed by atoms with Gasteiger partial charge in [-0.3, -0.25) is 0 Å². The molecule has 0 aliphatic rings. The molecular formula is C10H12ClIO3S. The van der Waals surface area contributed by atoms with Gasteiger partial charge >= 0.3 is 0 Å². The lowest BCUT2D eigenvalue weighted by atomic mass is 10.0. The minimum atomic E-state index is -3.56. The SMILES string of the molecule is Cc1ccccc1[C@@H](O)[C@@](Cl)(I)S(C)(=O)=O. The summed E-state index contributed by atoms with van der Waals surface area (Å²) in [6.45, 7) is 1.80. The van der Waals surface area contributed by atoms with E-state index in [1.165, 1.54) is 0 Å². The number of aliphatic hydroxyl groups excluding tert-OH is 1. The van der Waals surface area contributed by atoms with Crippen molar-refractivity contribution in [3.63, 3.8) is 0 Å². The molecule has 1 aromatic rings.